The number of hydrogen-bond donors (Lipinski definition) is 4. The molecule has 324 valence electrons. The predicted molar refractivity (Wildman–Crippen MR) is 245 cm³/mol. The number of rotatable bonds is 10. The molecule has 1 amide bonds. The minimum atomic E-state index is -4.85. The van der Waals surface area contributed by atoms with E-state index in [0.717, 1.165) is 34.1 Å². The molecule has 0 aromatic heterocycles. The fraction of sp³-hybridized carbons (Fsp3) is 0.333. The van der Waals surface area contributed by atoms with E-state index in [1.165, 1.54) is 22.5 Å². The summed E-state index contributed by atoms with van der Waals surface area (Å²) in [6.07, 6.45) is -9.63. The lowest BCUT2D eigenvalue weighted by molar-refractivity contribution is -0.138. The lowest BCUT2D eigenvalue weighted by atomic mass is 10.1. The summed E-state index contributed by atoms with van der Waals surface area (Å²) in [6.45, 7) is 26.4. The van der Waals surface area contributed by atoms with E-state index in [2.05, 4.69) is 101 Å². The molecule has 4 N–H and O–H groups in total. The Bertz CT molecular complexity index is 2080. The third-order valence-electron chi connectivity index (χ3n) is 9.48. The van der Waals surface area contributed by atoms with Crippen molar-refractivity contribution in [1.82, 2.24) is 0 Å². The van der Waals surface area contributed by atoms with Crippen molar-refractivity contribution in [2.24, 2.45) is 0 Å². The van der Waals surface area contributed by atoms with Crippen LogP contribution in [0.15, 0.2) is 72.8 Å². The molecule has 0 saturated carbocycles. The predicted octanol–water partition coefficient (Wildman–Crippen LogP) is 10.0. The largest absolute Gasteiger partial charge is 0.478 e. The normalized spacial score (nSPS) is 12.6. The van der Waals surface area contributed by atoms with Crippen LogP contribution in [-0.4, -0.2) is 65.3 Å². The molecule has 7 nitrogen and oxygen atoms in total. The van der Waals surface area contributed by atoms with Crippen molar-refractivity contribution in [2.45, 2.75) is 90.9 Å². The number of alkyl halides is 6. The molecule has 0 atom stereocenters. The van der Waals surface area contributed by atoms with E-state index in [0.29, 0.717) is 16.6 Å². The van der Waals surface area contributed by atoms with Crippen molar-refractivity contribution in [1.29, 1.82) is 0 Å². The van der Waals surface area contributed by atoms with E-state index < -0.39 is 84.7 Å². The van der Waals surface area contributed by atoms with Crippen LogP contribution >= 0.6 is 12.2 Å². The molecule has 0 aliphatic rings. The molecule has 0 spiro atoms. The summed E-state index contributed by atoms with van der Waals surface area (Å²) >= 11 is 5.51. The van der Waals surface area contributed by atoms with Crippen LogP contribution in [0.2, 0.25) is 78.6 Å². The highest BCUT2D eigenvalue weighted by Crippen LogP contribution is 2.35. The van der Waals surface area contributed by atoms with Gasteiger partial charge in [-0.25, -0.2) is 9.59 Å². The van der Waals surface area contributed by atoms with E-state index in [-0.39, 0.29) is 11.4 Å². The maximum absolute atomic E-state index is 13.3. The van der Waals surface area contributed by atoms with E-state index in [1.54, 1.807) is 0 Å². The second kappa shape index (κ2) is 17.9. The van der Waals surface area contributed by atoms with Gasteiger partial charge in [0.2, 0.25) is 0 Å². The minimum absolute atomic E-state index is 0.102. The van der Waals surface area contributed by atoms with E-state index in [9.17, 15) is 40.7 Å². The van der Waals surface area contributed by atoms with Crippen LogP contribution < -0.4 is 31.4 Å². The molecule has 0 aliphatic heterocycles. The number of benzene rings is 4. The number of carboxylic acid groups (broad SMARTS) is 2. The lowest BCUT2D eigenvalue weighted by Crippen LogP contribution is -2.46. The first-order chi connectivity index (χ1) is 27.0. The molecule has 0 unspecified atom stereocenters. The van der Waals surface area contributed by atoms with Gasteiger partial charge < -0.3 is 20.8 Å². The topological polar surface area (TPSA) is 116 Å². The highest BCUT2D eigenvalue weighted by molar-refractivity contribution is 7.81. The Morgan fingerprint density at radius 1 is 0.483 bits per heavy atom. The zero-order chi connectivity index (χ0) is 46.1. The van der Waals surface area contributed by atoms with Crippen LogP contribution in [0.25, 0.3) is 0 Å². The van der Waals surface area contributed by atoms with E-state index >= 15 is 0 Å². The first-order valence-electron chi connectivity index (χ1n) is 18.8. The number of carbonyl (C=O) groups excluding carboxylic acids is 1. The molecule has 0 fully saturated rings. The summed E-state index contributed by atoms with van der Waals surface area (Å²) in [7, 11) is -6.77. The highest BCUT2D eigenvalue weighted by Gasteiger charge is 2.37. The van der Waals surface area contributed by atoms with E-state index in [1.807, 2.05) is 24.3 Å². The molecular formula is C42H52F6N2O5SSi4. The number of halogens is 6. The summed E-state index contributed by atoms with van der Waals surface area (Å²) in [5.41, 5.74) is -3.01. The Balaban J connectivity index is 0.000000320. The van der Waals surface area contributed by atoms with Gasteiger partial charge >= 0.3 is 24.3 Å². The van der Waals surface area contributed by atoms with Crippen LogP contribution in [0.5, 0.6) is 0 Å². The van der Waals surface area contributed by atoms with Gasteiger partial charge in [-0.2, -0.15) is 26.3 Å². The van der Waals surface area contributed by atoms with Gasteiger partial charge in [-0.1, -0.05) is 148 Å². The molecule has 4 aromatic rings. The van der Waals surface area contributed by atoms with Crippen molar-refractivity contribution in [3.05, 3.63) is 106 Å². The van der Waals surface area contributed by atoms with Crippen molar-refractivity contribution in [2.75, 3.05) is 10.6 Å². The second-order valence-electron chi connectivity index (χ2n) is 18.6. The molecule has 0 radical (unpaired) electrons. The summed E-state index contributed by atoms with van der Waals surface area (Å²) in [4.78, 5) is 35.4. The number of thiocarbonyl (C=S) groups is 1. The van der Waals surface area contributed by atoms with Gasteiger partial charge in [0.15, 0.2) is 0 Å². The average Bonchev–Trinajstić information content (AvgIpc) is 3.09. The number of amides is 1. The standard InChI is InChI=1S/C21H26F3NO3Si2.C21H26F3NO2SSi2/c1-29(2,3)15-9-13(10-16(12-15)30(4,5)6)19(26)25-14-7-8-17(20(27)28)18(11-14)21(22,23)24;1-29(2,3)15-9-13(10-16(12-15)30(4,5)6)19(28)25-14-7-8-17(20(26)27)18(11-14)21(22,23)24/h7-12H,1-6H3,(H,25,26)(H,27,28);7-12H,1-6H3,(H,25,28)(H,26,27). The first-order valence-corrected chi connectivity index (χ1v) is 33.2. The van der Waals surface area contributed by atoms with Gasteiger partial charge in [0, 0.05) is 22.5 Å². The first kappa shape index (κ1) is 50.0. The Morgan fingerprint density at radius 2 is 0.783 bits per heavy atom. The Hall–Kier alpha value is -4.37. The minimum Gasteiger partial charge on any atom is -0.478 e. The van der Waals surface area contributed by atoms with Crippen LogP contribution in [0.4, 0.5) is 37.7 Å². The van der Waals surface area contributed by atoms with Crippen molar-refractivity contribution < 1.29 is 50.9 Å². The molecule has 4 rings (SSSR count). The van der Waals surface area contributed by atoms with Gasteiger partial charge in [0.1, 0.15) is 4.99 Å². The van der Waals surface area contributed by atoms with Crippen molar-refractivity contribution >= 4 is 99.5 Å². The third kappa shape index (κ3) is 13.3. The maximum Gasteiger partial charge on any atom is 0.417 e. The van der Waals surface area contributed by atoms with Crippen LogP contribution in [0.1, 0.15) is 47.8 Å². The number of carbonyl (C=O) groups is 3. The summed E-state index contributed by atoms with van der Waals surface area (Å²) in [5.74, 6) is -3.83. The fourth-order valence-corrected chi connectivity index (χ4v) is 11.0. The fourth-order valence-electron chi connectivity index (χ4n) is 5.74. The summed E-state index contributed by atoms with van der Waals surface area (Å²) in [6, 6.07) is 17.7. The number of hydrogen-bond acceptors (Lipinski definition) is 4. The van der Waals surface area contributed by atoms with Crippen molar-refractivity contribution in [3.8, 4) is 0 Å². The van der Waals surface area contributed by atoms with Gasteiger partial charge in [-0.3, -0.25) is 4.79 Å². The molecule has 0 bridgehead atoms. The summed E-state index contributed by atoms with van der Waals surface area (Å²) in [5, 5.41) is 28.1. The van der Waals surface area contributed by atoms with Crippen LogP contribution in [-0.2, 0) is 12.4 Å². The number of anilines is 2. The van der Waals surface area contributed by atoms with Crippen LogP contribution in [0, 0.1) is 0 Å². The number of carboxylic acids is 2. The average molecular weight is 923 g/mol. The van der Waals surface area contributed by atoms with Crippen LogP contribution in [0.3, 0.4) is 0 Å². The maximum atomic E-state index is 13.3. The Morgan fingerprint density at radius 3 is 1.07 bits per heavy atom. The second-order valence-corrected chi connectivity index (χ2v) is 39.4. The molecule has 4 aromatic carbocycles. The summed E-state index contributed by atoms with van der Waals surface area (Å²) < 4.78 is 79.7. The smallest absolute Gasteiger partial charge is 0.417 e. The number of nitrogens with one attached hydrogen (secondary N) is 2. The molecule has 0 saturated heterocycles. The zero-order valence-corrected chi connectivity index (χ0v) is 40.5. The van der Waals surface area contributed by atoms with Gasteiger partial charge in [-0.05, 0) is 36.4 Å². The molecular weight excluding hydrogens is 871 g/mol. The SMILES string of the molecule is C[Si](C)(C)c1cc(C(=O)Nc2ccc(C(=O)O)c(C(F)(F)F)c2)cc([Si](C)(C)C)c1.C[Si](C)(C)c1cc(C(=S)Nc2ccc(C(=O)O)c(C(F)(F)F)c2)cc([Si](C)(C)C)c1. The quantitative estimate of drug-likeness (QED) is 0.0712. The van der Waals surface area contributed by atoms with Gasteiger partial charge in [-0.15, -0.1) is 0 Å². The van der Waals surface area contributed by atoms with Crippen molar-refractivity contribution in [3.63, 3.8) is 0 Å². The number of aromatic carboxylic acids is 2. The van der Waals surface area contributed by atoms with Gasteiger partial charge in [0.25, 0.3) is 5.91 Å². The Labute approximate surface area is 356 Å². The van der Waals surface area contributed by atoms with Gasteiger partial charge in [0.05, 0.1) is 54.5 Å². The molecule has 0 aliphatic carbocycles. The zero-order valence-electron chi connectivity index (χ0n) is 35.7. The Kier molecular flexibility index (Phi) is 14.9. The monoisotopic (exact) mass is 922 g/mol. The molecule has 60 heavy (non-hydrogen) atoms. The third-order valence-corrected chi connectivity index (χ3v) is 17.9. The molecule has 0 heterocycles. The lowest BCUT2D eigenvalue weighted by Gasteiger charge is -2.24. The van der Waals surface area contributed by atoms with E-state index in [4.69, 9.17) is 22.4 Å². The molecule has 18 heteroatoms. The highest BCUT2D eigenvalue weighted by atomic mass is 32.1.